The van der Waals surface area contributed by atoms with Crippen LogP contribution in [0.3, 0.4) is 0 Å². The first-order valence-corrected chi connectivity index (χ1v) is 2.77. The number of carbonyl (C=O) groups excluding carboxylic acids is 1. The molecular weight excluding hydrogens is 125 g/mol. The van der Waals surface area contributed by atoms with Gasteiger partial charge in [-0.15, -0.1) is 0 Å². The lowest BCUT2D eigenvalue weighted by atomic mass is 10.3. The van der Waals surface area contributed by atoms with Crippen LogP contribution in [0, 0.1) is 0 Å². The van der Waals surface area contributed by atoms with Gasteiger partial charge in [0, 0.05) is 0 Å². The van der Waals surface area contributed by atoms with Crippen molar-refractivity contribution >= 4 is 15.0 Å². The van der Waals surface area contributed by atoms with Gasteiger partial charge in [-0.05, 0) is 23.1 Å². The van der Waals surface area contributed by atoms with Gasteiger partial charge in [0.25, 0.3) is 0 Å². The number of hydrogen-bond acceptors (Lipinski definition) is 3. The number of nitrogens with two attached hydrogens (primary N) is 1. The van der Waals surface area contributed by atoms with Crippen molar-refractivity contribution < 1.29 is 9.53 Å². The first-order chi connectivity index (χ1) is 3.42. The second-order valence-electron chi connectivity index (χ2n) is 2.02. The first kappa shape index (κ1) is 7.86. The van der Waals surface area contributed by atoms with Gasteiger partial charge in [-0.25, -0.2) is 4.79 Å². The quantitative estimate of drug-likeness (QED) is 0.425. The SMILES string of the molecule is CC(C)(N)OC(=O)P. The van der Waals surface area contributed by atoms with E-state index >= 15 is 0 Å². The molecule has 8 heavy (non-hydrogen) atoms. The molecule has 0 saturated heterocycles. The molecular formula is C4H10NO2P. The zero-order valence-electron chi connectivity index (χ0n) is 4.97. The summed E-state index contributed by atoms with van der Waals surface area (Å²) in [6.07, 6.45) is 0. The largest absolute Gasteiger partial charge is 0.442 e. The maximum atomic E-state index is 10.1. The molecule has 0 aliphatic carbocycles. The Hall–Kier alpha value is -0.140. The molecule has 1 unspecified atom stereocenters. The van der Waals surface area contributed by atoms with E-state index in [0.29, 0.717) is 0 Å². The van der Waals surface area contributed by atoms with Crippen molar-refractivity contribution in [3.05, 3.63) is 0 Å². The average Bonchev–Trinajstić information content (AvgIpc) is 1.21. The van der Waals surface area contributed by atoms with Gasteiger partial charge in [-0.1, -0.05) is 0 Å². The van der Waals surface area contributed by atoms with E-state index in [4.69, 9.17) is 5.73 Å². The smallest absolute Gasteiger partial charge is 0.321 e. The van der Waals surface area contributed by atoms with Crippen LogP contribution in [0.4, 0.5) is 4.79 Å². The number of ether oxygens (including phenoxy) is 1. The lowest BCUT2D eigenvalue weighted by Gasteiger charge is -2.17. The van der Waals surface area contributed by atoms with Crippen molar-refractivity contribution in [2.45, 2.75) is 19.6 Å². The molecule has 3 nitrogen and oxygen atoms in total. The molecule has 0 heterocycles. The topological polar surface area (TPSA) is 52.3 Å². The third-order valence-electron chi connectivity index (χ3n) is 0.364. The highest BCUT2D eigenvalue weighted by Crippen LogP contribution is 2.03. The van der Waals surface area contributed by atoms with Gasteiger partial charge >= 0.3 is 5.71 Å². The summed E-state index contributed by atoms with van der Waals surface area (Å²) in [6, 6.07) is 0. The summed E-state index contributed by atoms with van der Waals surface area (Å²) in [7, 11) is 1.88. The van der Waals surface area contributed by atoms with Crippen molar-refractivity contribution in [3.63, 3.8) is 0 Å². The molecule has 0 aromatic carbocycles. The fraction of sp³-hybridized carbons (Fsp3) is 0.750. The monoisotopic (exact) mass is 135 g/mol. The third-order valence-corrected chi connectivity index (χ3v) is 0.481. The Morgan fingerprint density at radius 2 is 2.12 bits per heavy atom. The van der Waals surface area contributed by atoms with E-state index in [-0.39, 0.29) is 0 Å². The van der Waals surface area contributed by atoms with Gasteiger partial charge in [-0.3, -0.25) is 5.73 Å². The van der Waals surface area contributed by atoms with Gasteiger partial charge in [0.2, 0.25) is 0 Å². The lowest BCUT2D eigenvalue weighted by molar-refractivity contribution is 0.0639. The Morgan fingerprint density at radius 1 is 1.75 bits per heavy atom. The van der Waals surface area contributed by atoms with Crippen LogP contribution in [-0.4, -0.2) is 11.4 Å². The van der Waals surface area contributed by atoms with Crippen LogP contribution in [0.5, 0.6) is 0 Å². The molecule has 0 saturated carbocycles. The summed E-state index contributed by atoms with van der Waals surface area (Å²) in [5.41, 5.74) is 4.00. The molecule has 0 fully saturated rings. The Labute approximate surface area is 50.8 Å². The standard InChI is InChI=1S/C4H10NO2P/c1-4(2,5)7-3(6)8/h5,8H2,1-2H3. The van der Waals surface area contributed by atoms with Crippen molar-refractivity contribution in [3.8, 4) is 0 Å². The predicted molar refractivity (Wildman–Crippen MR) is 34.5 cm³/mol. The highest BCUT2D eigenvalue weighted by Gasteiger charge is 2.12. The van der Waals surface area contributed by atoms with E-state index in [1.807, 2.05) is 9.24 Å². The molecule has 0 aliphatic heterocycles. The van der Waals surface area contributed by atoms with E-state index in [1.54, 1.807) is 13.8 Å². The lowest BCUT2D eigenvalue weighted by Crippen LogP contribution is -2.35. The fourth-order valence-electron chi connectivity index (χ4n) is 0.259. The second kappa shape index (κ2) is 2.42. The molecule has 0 spiro atoms. The molecule has 0 aliphatic rings. The minimum absolute atomic E-state index is 0.433. The molecule has 0 amide bonds. The van der Waals surface area contributed by atoms with E-state index in [9.17, 15) is 4.79 Å². The zero-order chi connectivity index (χ0) is 6.78. The van der Waals surface area contributed by atoms with Crippen molar-refractivity contribution in [1.82, 2.24) is 0 Å². The Kier molecular flexibility index (Phi) is 2.38. The van der Waals surface area contributed by atoms with E-state index in [0.717, 1.165) is 0 Å². The summed E-state index contributed by atoms with van der Waals surface area (Å²) in [5, 5.41) is 0. The molecule has 0 bridgehead atoms. The van der Waals surface area contributed by atoms with Crippen LogP contribution in [0.1, 0.15) is 13.8 Å². The number of carbonyl (C=O) groups is 1. The van der Waals surface area contributed by atoms with Crippen molar-refractivity contribution in [2.24, 2.45) is 5.73 Å². The van der Waals surface area contributed by atoms with E-state index in [1.165, 1.54) is 0 Å². The van der Waals surface area contributed by atoms with Crippen LogP contribution >= 0.6 is 9.24 Å². The predicted octanol–water partition coefficient (Wildman–Crippen LogP) is 0.693. The molecule has 4 heteroatoms. The molecule has 0 aromatic rings. The van der Waals surface area contributed by atoms with Crippen LogP contribution in [0.25, 0.3) is 0 Å². The maximum absolute atomic E-state index is 10.1. The second-order valence-corrected chi connectivity index (χ2v) is 2.50. The minimum Gasteiger partial charge on any atom is -0.442 e. The number of hydrogen-bond donors (Lipinski definition) is 1. The van der Waals surface area contributed by atoms with Gasteiger partial charge < -0.3 is 4.74 Å². The van der Waals surface area contributed by atoms with E-state index in [2.05, 4.69) is 4.74 Å². The summed E-state index contributed by atoms with van der Waals surface area (Å²) < 4.78 is 4.54. The summed E-state index contributed by atoms with van der Waals surface area (Å²) in [6.45, 7) is 3.21. The Balaban J connectivity index is 3.55. The summed E-state index contributed by atoms with van der Waals surface area (Å²) in [5.74, 6) is 0. The molecule has 48 valence electrons. The Bertz CT molecular complexity index is 96.7. The minimum atomic E-state index is -0.848. The molecule has 1 atom stereocenters. The zero-order valence-corrected chi connectivity index (χ0v) is 6.13. The summed E-state index contributed by atoms with van der Waals surface area (Å²) in [4.78, 5) is 10.1. The van der Waals surface area contributed by atoms with Gasteiger partial charge in [0.1, 0.15) is 0 Å². The van der Waals surface area contributed by atoms with Crippen LogP contribution < -0.4 is 5.73 Å². The van der Waals surface area contributed by atoms with Crippen molar-refractivity contribution in [2.75, 3.05) is 0 Å². The fourth-order valence-corrected chi connectivity index (χ4v) is 0.563. The Morgan fingerprint density at radius 3 is 2.12 bits per heavy atom. The van der Waals surface area contributed by atoms with Crippen molar-refractivity contribution in [1.29, 1.82) is 0 Å². The highest BCUT2D eigenvalue weighted by atomic mass is 31.0. The third kappa shape index (κ3) is 5.86. The van der Waals surface area contributed by atoms with E-state index < -0.39 is 11.4 Å². The molecule has 0 rings (SSSR count). The van der Waals surface area contributed by atoms with Gasteiger partial charge in [0.15, 0.2) is 5.72 Å². The average molecular weight is 135 g/mol. The maximum Gasteiger partial charge on any atom is 0.321 e. The first-order valence-electron chi connectivity index (χ1n) is 2.19. The van der Waals surface area contributed by atoms with Crippen LogP contribution in [0.15, 0.2) is 0 Å². The molecule has 2 N–H and O–H groups in total. The molecule has 0 radical (unpaired) electrons. The van der Waals surface area contributed by atoms with Gasteiger partial charge in [0.05, 0.1) is 0 Å². The summed E-state index contributed by atoms with van der Waals surface area (Å²) >= 11 is 0. The highest BCUT2D eigenvalue weighted by molar-refractivity contribution is 7.39. The van der Waals surface area contributed by atoms with Crippen LogP contribution in [-0.2, 0) is 4.74 Å². The van der Waals surface area contributed by atoms with Crippen LogP contribution in [0.2, 0.25) is 0 Å². The number of rotatable bonds is 1. The van der Waals surface area contributed by atoms with Gasteiger partial charge in [-0.2, -0.15) is 0 Å². The molecule has 0 aromatic heterocycles. The normalized spacial score (nSPS) is 11.0.